The van der Waals surface area contributed by atoms with E-state index < -0.39 is 0 Å². The highest BCUT2D eigenvalue weighted by atomic mass is 16.7. The lowest BCUT2D eigenvalue weighted by Crippen LogP contribution is -2.28. The number of anilines is 2. The molecule has 0 amide bonds. The summed E-state index contributed by atoms with van der Waals surface area (Å²) in [5, 5.41) is 2.07. The predicted octanol–water partition coefficient (Wildman–Crippen LogP) is 15.8. The third kappa shape index (κ3) is 6.09. The van der Waals surface area contributed by atoms with E-state index in [1.165, 1.54) is 83.5 Å². The van der Waals surface area contributed by atoms with Crippen LogP contribution in [0.2, 0.25) is 0 Å². The summed E-state index contributed by atoms with van der Waals surface area (Å²) < 4.78 is 0. The van der Waals surface area contributed by atoms with Crippen molar-refractivity contribution in [3.8, 4) is 28.0 Å². The molecule has 0 aromatic heterocycles. The fourth-order valence-corrected chi connectivity index (χ4v) is 12.0. The number of rotatable bonds is 4. The average Bonchev–Trinajstić information content (AvgIpc) is 3.97. The fourth-order valence-electron chi connectivity index (χ4n) is 12.0. The number of nitrogens with zero attached hydrogens (tertiary/aromatic N) is 1. The van der Waals surface area contributed by atoms with Crippen LogP contribution in [0.25, 0.3) is 39.0 Å². The highest BCUT2D eigenvalue weighted by molar-refractivity contribution is 6.03. The van der Waals surface area contributed by atoms with Crippen LogP contribution in [0.15, 0.2) is 199 Å². The lowest BCUT2D eigenvalue weighted by molar-refractivity contribution is 0.310. The Hall–Kier alpha value is -7.36. The Kier molecular flexibility index (Phi) is 10.4. The van der Waals surface area contributed by atoms with E-state index in [1.807, 2.05) is 45.9 Å². The van der Waals surface area contributed by atoms with Gasteiger partial charge in [-0.15, -0.1) is 0 Å². The molecule has 0 saturated heterocycles. The Morgan fingerprint density at radius 3 is 2.14 bits per heavy atom. The van der Waals surface area contributed by atoms with E-state index in [4.69, 9.17) is 17.2 Å². The number of hydrogen-bond donors (Lipinski definition) is 1. The lowest BCUT2D eigenvalue weighted by atomic mass is 9.68. The zero-order valence-electron chi connectivity index (χ0n) is 38.5. The van der Waals surface area contributed by atoms with Crippen LogP contribution in [0, 0.1) is 5.92 Å². The van der Waals surface area contributed by atoms with Crippen LogP contribution in [-0.4, -0.2) is 0 Å². The van der Waals surface area contributed by atoms with Gasteiger partial charge in [0.15, 0.2) is 5.75 Å². The van der Waals surface area contributed by atoms with Crippen LogP contribution >= 0.6 is 0 Å². The maximum absolute atomic E-state index is 7.01. The molecule has 7 aromatic carbocycles. The zero-order chi connectivity index (χ0) is 45.1. The summed E-state index contributed by atoms with van der Waals surface area (Å²) in [5.41, 5.74) is 32.7. The molecule has 1 spiro atoms. The molecule has 1 aliphatic heterocycles. The van der Waals surface area contributed by atoms with Crippen molar-refractivity contribution < 1.29 is 4.84 Å². The van der Waals surface area contributed by atoms with Gasteiger partial charge in [0.25, 0.3) is 0 Å². The van der Waals surface area contributed by atoms with Crippen LogP contribution in [0.5, 0.6) is 5.75 Å². The van der Waals surface area contributed by atoms with Crippen molar-refractivity contribution >= 4 is 28.1 Å². The molecule has 324 valence electrons. The lowest BCUT2D eigenvalue weighted by Gasteiger charge is -2.33. The van der Waals surface area contributed by atoms with E-state index in [1.54, 1.807) is 0 Å². The Bertz CT molecular complexity index is 3250. The van der Waals surface area contributed by atoms with Crippen molar-refractivity contribution in [3.05, 3.63) is 249 Å². The molecule has 2 atom stereocenters. The summed E-state index contributed by atoms with van der Waals surface area (Å²) in [7, 11) is 0. The second kappa shape index (κ2) is 16.6. The van der Waals surface area contributed by atoms with Gasteiger partial charge in [-0.1, -0.05) is 180 Å². The first-order valence-corrected chi connectivity index (χ1v) is 24.1. The highest BCUT2D eigenvalue weighted by Crippen LogP contribution is 2.65. The summed E-state index contributed by atoms with van der Waals surface area (Å²) in [6.45, 7) is 12.7. The molecule has 13 rings (SSSR count). The van der Waals surface area contributed by atoms with Crippen LogP contribution in [-0.2, 0) is 18.3 Å². The summed E-state index contributed by atoms with van der Waals surface area (Å²) in [5.74, 6) is 1.24. The standard InChI is InChI=1S/C59H44N2O.2C2H6/c1-36-42-18-8-13-28-56(42)62-61(55-35-49-40(34-48(36)55)33-38-16-2-3-19-43(38)49)41-17-14-15-37(32-41)31-39-29-30-53-58(57(39)47-23-7-12-27-54(47)60)46-22-6-11-26-52(46)59(53)50-24-9-4-20-44(50)45-21-5-10-25-51(45)59;2*1-2/h2-9,11-24,26-30,32,35,40H,1,10,25,31,33-34,60H2;2*1-2H3. The van der Waals surface area contributed by atoms with E-state index in [2.05, 4.69) is 163 Å². The molecule has 0 radical (unpaired) electrons. The van der Waals surface area contributed by atoms with Gasteiger partial charge in [-0.3, -0.25) is 0 Å². The Balaban J connectivity index is 0.00000117. The average molecular weight is 857 g/mol. The SMILES string of the molecule is C=C1C2=C(C=C3c4ccccc4CC3C2)N(c2cccc(Cc3ccc4c(c3-c3ccccc3N)-c3ccccc3C43C4=C(C=CCC4)c4ccccc43)c2)Oc2ccccc21.CC.CC. The van der Waals surface area contributed by atoms with Gasteiger partial charge in [-0.25, -0.2) is 0 Å². The smallest absolute Gasteiger partial charge is 0.163 e. The fraction of sp³-hybridized carbons (Fsp3) is 0.175. The van der Waals surface area contributed by atoms with Gasteiger partial charge in [-0.05, 0) is 157 Å². The van der Waals surface area contributed by atoms with Crippen LogP contribution in [0.4, 0.5) is 11.4 Å². The number of allylic oxidation sites excluding steroid dienone is 8. The molecular weight excluding hydrogens is 801 g/mol. The van der Waals surface area contributed by atoms with Gasteiger partial charge in [0.1, 0.15) is 0 Å². The van der Waals surface area contributed by atoms with Gasteiger partial charge >= 0.3 is 0 Å². The van der Waals surface area contributed by atoms with Gasteiger partial charge in [0.2, 0.25) is 0 Å². The van der Waals surface area contributed by atoms with Crippen molar-refractivity contribution in [1.82, 2.24) is 0 Å². The third-order valence-corrected chi connectivity index (χ3v) is 14.6. The molecule has 3 heteroatoms. The number of fused-ring (bicyclic) bond motifs is 13. The number of benzene rings is 7. The van der Waals surface area contributed by atoms with Crippen molar-refractivity contribution in [3.63, 3.8) is 0 Å². The minimum atomic E-state index is -0.359. The Morgan fingerprint density at radius 1 is 0.652 bits per heavy atom. The molecule has 7 aromatic rings. The molecule has 2 N–H and O–H groups in total. The molecule has 0 bridgehead atoms. The van der Waals surface area contributed by atoms with Gasteiger partial charge in [0, 0.05) is 16.8 Å². The molecule has 6 aliphatic rings. The number of hydroxylamine groups is 1. The zero-order valence-corrected chi connectivity index (χ0v) is 38.5. The highest BCUT2D eigenvalue weighted by Gasteiger charge is 2.53. The first-order valence-electron chi connectivity index (χ1n) is 24.1. The molecule has 0 saturated carbocycles. The van der Waals surface area contributed by atoms with Gasteiger partial charge in [-0.2, -0.15) is 5.06 Å². The first kappa shape index (κ1) is 41.4. The molecule has 2 unspecified atom stereocenters. The molecule has 5 aliphatic carbocycles. The van der Waals surface area contributed by atoms with E-state index >= 15 is 0 Å². The predicted molar refractivity (Wildman–Crippen MR) is 277 cm³/mol. The molecule has 1 heterocycles. The third-order valence-electron chi connectivity index (χ3n) is 14.6. The summed E-state index contributed by atoms with van der Waals surface area (Å²) >= 11 is 0. The Morgan fingerprint density at radius 2 is 1.33 bits per heavy atom. The van der Waals surface area contributed by atoms with E-state index in [0.717, 1.165) is 65.2 Å². The van der Waals surface area contributed by atoms with Crippen LogP contribution in [0.1, 0.15) is 97.0 Å². The number of hydrogen-bond acceptors (Lipinski definition) is 3. The van der Waals surface area contributed by atoms with Crippen molar-refractivity contribution in [1.29, 1.82) is 0 Å². The van der Waals surface area contributed by atoms with Crippen molar-refractivity contribution in [2.24, 2.45) is 5.92 Å². The Labute approximate surface area is 390 Å². The second-order valence-electron chi connectivity index (χ2n) is 17.7. The van der Waals surface area contributed by atoms with Crippen molar-refractivity contribution in [2.45, 2.75) is 65.2 Å². The molecule has 0 fully saturated rings. The van der Waals surface area contributed by atoms with Crippen LogP contribution in [0.3, 0.4) is 0 Å². The first-order chi connectivity index (χ1) is 32.6. The molecular formula is C63H56N2O. The largest absolute Gasteiger partial charge is 0.398 e. The normalized spacial score (nSPS) is 18.7. The topological polar surface area (TPSA) is 38.5 Å². The molecule has 3 nitrogen and oxygen atoms in total. The van der Waals surface area contributed by atoms with Gasteiger partial charge in [0.05, 0.1) is 16.8 Å². The monoisotopic (exact) mass is 856 g/mol. The maximum Gasteiger partial charge on any atom is 0.163 e. The number of para-hydroxylation sites is 2. The number of nitrogens with two attached hydrogens (primary N) is 1. The summed E-state index contributed by atoms with van der Waals surface area (Å²) in [6, 6.07) is 57.7. The maximum atomic E-state index is 7.01. The number of nitrogen functional groups attached to an aromatic ring is 1. The van der Waals surface area contributed by atoms with Gasteiger partial charge < -0.3 is 10.6 Å². The van der Waals surface area contributed by atoms with E-state index in [-0.39, 0.29) is 5.41 Å². The second-order valence-corrected chi connectivity index (χ2v) is 17.7. The summed E-state index contributed by atoms with van der Waals surface area (Å²) in [6.07, 6.45) is 11.9. The minimum absolute atomic E-state index is 0.359. The van der Waals surface area contributed by atoms with E-state index in [0.29, 0.717) is 12.3 Å². The van der Waals surface area contributed by atoms with Crippen LogP contribution < -0.4 is 15.6 Å². The van der Waals surface area contributed by atoms with Crippen molar-refractivity contribution in [2.75, 3.05) is 10.8 Å². The summed E-state index contributed by atoms with van der Waals surface area (Å²) in [4.78, 5) is 7.00. The minimum Gasteiger partial charge on any atom is -0.398 e. The van der Waals surface area contributed by atoms with E-state index in [9.17, 15) is 0 Å². The quantitative estimate of drug-likeness (QED) is 0.179. The molecule has 66 heavy (non-hydrogen) atoms.